The number of aromatic nitrogens is 3. The van der Waals surface area contributed by atoms with Crippen LogP contribution >= 0.6 is 23.4 Å². The molecule has 3 fully saturated rings. The van der Waals surface area contributed by atoms with Crippen LogP contribution in [0.4, 0.5) is 21.1 Å². The minimum absolute atomic E-state index is 0.0429. The fourth-order valence-electron chi connectivity index (χ4n) is 4.54. The summed E-state index contributed by atoms with van der Waals surface area (Å²) in [6, 6.07) is 11.0. The molecule has 0 radical (unpaired) electrons. The van der Waals surface area contributed by atoms with Crippen molar-refractivity contribution in [1.82, 2.24) is 19.9 Å². The maximum atomic E-state index is 13.4. The van der Waals surface area contributed by atoms with Crippen molar-refractivity contribution < 1.29 is 28.2 Å². The van der Waals surface area contributed by atoms with Gasteiger partial charge in [0.25, 0.3) is 11.1 Å². The molecule has 2 aromatic carbocycles. The standard InChI is InChI=1S/C28H26ClFN6O5S/c29-22-16-20(30)4-3-19(22)17-36-24(37)23(42-28(36)38)15-18-1-5-21(6-2-18)41-27-32-25(34-7-11-39-12-8-34)31-26(33-27)35-9-13-40-14-10-35/h1-6,15-16H,7-14,17H2/b23-15-. The normalized spacial score (nSPS) is 18.7. The minimum Gasteiger partial charge on any atom is -0.424 e. The molecule has 14 heteroatoms. The SMILES string of the molecule is O=C1S/C(=C\c2ccc(Oc3nc(N4CCOCC4)nc(N4CCOCC4)n3)cc2)C(=O)N1Cc1ccc(F)cc1Cl. The average Bonchev–Trinajstić information content (AvgIpc) is 3.27. The van der Waals surface area contributed by atoms with Gasteiger partial charge in [0, 0.05) is 31.2 Å². The zero-order valence-electron chi connectivity index (χ0n) is 22.4. The van der Waals surface area contributed by atoms with Crippen LogP contribution < -0.4 is 14.5 Å². The Balaban J connectivity index is 1.17. The summed E-state index contributed by atoms with van der Waals surface area (Å²) in [5, 5.41) is -0.269. The Morgan fingerprint density at radius 1 is 0.905 bits per heavy atom. The minimum atomic E-state index is -0.490. The summed E-state index contributed by atoms with van der Waals surface area (Å²) in [4.78, 5) is 44.8. The molecule has 42 heavy (non-hydrogen) atoms. The second kappa shape index (κ2) is 12.6. The van der Waals surface area contributed by atoms with Crippen LogP contribution in [-0.2, 0) is 20.8 Å². The Kier molecular flexibility index (Phi) is 8.51. The predicted molar refractivity (Wildman–Crippen MR) is 155 cm³/mol. The first-order valence-electron chi connectivity index (χ1n) is 13.3. The lowest BCUT2D eigenvalue weighted by Gasteiger charge is -2.30. The van der Waals surface area contributed by atoms with Crippen molar-refractivity contribution in [2.24, 2.45) is 0 Å². The monoisotopic (exact) mass is 612 g/mol. The molecule has 4 heterocycles. The molecule has 2 amide bonds. The van der Waals surface area contributed by atoms with Gasteiger partial charge in [-0.2, -0.15) is 15.0 Å². The van der Waals surface area contributed by atoms with Crippen LogP contribution in [0.5, 0.6) is 11.8 Å². The molecule has 3 aromatic rings. The molecule has 218 valence electrons. The van der Waals surface area contributed by atoms with E-state index in [9.17, 15) is 14.0 Å². The topological polar surface area (TPSA) is 110 Å². The van der Waals surface area contributed by atoms with E-state index in [0.29, 0.717) is 81.4 Å². The molecule has 0 spiro atoms. The average molecular weight is 613 g/mol. The third kappa shape index (κ3) is 6.49. The summed E-state index contributed by atoms with van der Waals surface area (Å²) >= 11 is 6.93. The summed E-state index contributed by atoms with van der Waals surface area (Å²) in [5.41, 5.74) is 1.18. The number of nitrogens with zero attached hydrogens (tertiary/aromatic N) is 6. The summed E-state index contributed by atoms with van der Waals surface area (Å²) in [7, 11) is 0. The Morgan fingerprint density at radius 3 is 2.12 bits per heavy atom. The Hall–Kier alpha value is -3.78. The molecule has 3 aliphatic rings. The van der Waals surface area contributed by atoms with Crippen molar-refractivity contribution >= 4 is 52.5 Å². The lowest BCUT2D eigenvalue weighted by atomic mass is 10.2. The number of benzene rings is 2. The number of hydrogen-bond donors (Lipinski definition) is 0. The van der Waals surface area contributed by atoms with Gasteiger partial charge in [-0.25, -0.2) is 4.39 Å². The maximum Gasteiger partial charge on any atom is 0.328 e. The van der Waals surface area contributed by atoms with Crippen molar-refractivity contribution in [2.45, 2.75) is 6.54 Å². The number of morpholine rings is 2. The van der Waals surface area contributed by atoms with Crippen LogP contribution in [0.2, 0.25) is 5.02 Å². The molecule has 0 atom stereocenters. The molecular weight excluding hydrogens is 587 g/mol. The van der Waals surface area contributed by atoms with Crippen LogP contribution in [0.25, 0.3) is 6.08 Å². The van der Waals surface area contributed by atoms with E-state index in [1.165, 1.54) is 12.1 Å². The number of amides is 2. The summed E-state index contributed by atoms with van der Waals surface area (Å²) < 4.78 is 30.4. The van der Waals surface area contributed by atoms with Gasteiger partial charge in [0.05, 0.1) is 37.9 Å². The quantitative estimate of drug-likeness (QED) is 0.355. The van der Waals surface area contributed by atoms with Gasteiger partial charge < -0.3 is 24.0 Å². The van der Waals surface area contributed by atoms with Crippen molar-refractivity contribution in [3.05, 3.63) is 69.3 Å². The highest BCUT2D eigenvalue weighted by Gasteiger charge is 2.35. The van der Waals surface area contributed by atoms with Crippen LogP contribution in [0.1, 0.15) is 11.1 Å². The number of halogens is 2. The maximum absolute atomic E-state index is 13.4. The zero-order chi connectivity index (χ0) is 29.1. The molecule has 3 saturated heterocycles. The molecule has 1 aromatic heterocycles. The molecule has 0 N–H and O–H groups in total. The van der Waals surface area contributed by atoms with E-state index in [1.807, 2.05) is 9.80 Å². The number of thioether (sulfide) groups is 1. The van der Waals surface area contributed by atoms with Crippen molar-refractivity contribution in [2.75, 3.05) is 62.4 Å². The number of carbonyl (C=O) groups is 2. The summed E-state index contributed by atoms with van der Waals surface area (Å²) in [6.07, 6.45) is 1.64. The van der Waals surface area contributed by atoms with Gasteiger partial charge in [-0.1, -0.05) is 29.8 Å². The van der Waals surface area contributed by atoms with Gasteiger partial charge >= 0.3 is 6.01 Å². The fourth-order valence-corrected chi connectivity index (χ4v) is 5.60. The number of ether oxygens (including phenoxy) is 3. The second-order valence-electron chi connectivity index (χ2n) is 9.59. The second-order valence-corrected chi connectivity index (χ2v) is 11.0. The molecule has 0 aliphatic carbocycles. The van der Waals surface area contributed by atoms with Crippen LogP contribution in [-0.4, -0.2) is 83.6 Å². The van der Waals surface area contributed by atoms with E-state index in [-0.39, 0.29) is 22.5 Å². The number of imide groups is 1. The molecule has 11 nitrogen and oxygen atoms in total. The Morgan fingerprint density at radius 2 is 1.52 bits per heavy atom. The first kappa shape index (κ1) is 28.3. The van der Waals surface area contributed by atoms with E-state index >= 15 is 0 Å². The van der Waals surface area contributed by atoms with Gasteiger partial charge in [-0.15, -0.1) is 0 Å². The van der Waals surface area contributed by atoms with E-state index in [4.69, 9.17) is 25.8 Å². The molecule has 6 rings (SSSR count). The summed E-state index contributed by atoms with van der Waals surface area (Å²) in [5.74, 6) is 0.620. The molecule has 3 aliphatic heterocycles. The number of carbonyl (C=O) groups excluding carboxylic acids is 2. The van der Waals surface area contributed by atoms with Crippen molar-refractivity contribution in [3.63, 3.8) is 0 Å². The number of hydrogen-bond acceptors (Lipinski definition) is 11. The van der Waals surface area contributed by atoms with E-state index in [0.717, 1.165) is 22.7 Å². The first-order valence-corrected chi connectivity index (χ1v) is 14.5. The van der Waals surface area contributed by atoms with E-state index in [1.54, 1.807) is 30.3 Å². The van der Waals surface area contributed by atoms with Crippen LogP contribution in [0, 0.1) is 5.82 Å². The van der Waals surface area contributed by atoms with E-state index < -0.39 is 17.0 Å². The largest absolute Gasteiger partial charge is 0.424 e. The van der Waals surface area contributed by atoms with Gasteiger partial charge in [0.15, 0.2) is 0 Å². The highest BCUT2D eigenvalue weighted by Crippen LogP contribution is 2.34. The molecule has 0 unspecified atom stereocenters. The first-order chi connectivity index (χ1) is 20.4. The van der Waals surface area contributed by atoms with Crippen molar-refractivity contribution in [3.8, 4) is 11.8 Å². The summed E-state index contributed by atoms with van der Waals surface area (Å²) in [6.45, 7) is 5.01. The number of anilines is 2. The highest BCUT2D eigenvalue weighted by molar-refractivity contribution is 8.18. The van der Waals surface area contributed by atoms with Gasteiger partial charge in [-0.3, -0.25) is 14.5 Å². The lowest BCUT2D eigenvalue weighted by molar-refractivity contribution is -0.123. The Labute approximate surface area is 250 Å². The highest BCUT2D eigenvalue weighted by atomic mass is 35.5. The van der Waals surface area contributed by atoms with Gasteiger partial charge in [0.2, 0.25) is 11.9 Å². The Bertz CT molecular complexity index is 1480. The third-order valence-electron chi connectivity index (χ3n) is 6.78. The van der Waals surface area contributed by atoms with Gasteiger partial charge in [0.1, 0.15) is 11.6 Å². The van der Waals surface area contributed by atoms with E-state index in [2.05, 4.69) is 15.0 Å². The third-order valence-corrected chi connectivity index (χ3v) is 8.04. The van der Waals surface area contributed by atoms with Crippen LogP contribution in [0.3, 0.4) is 0 Å². The molecular formula is C28H26ClFN6O5S. The molecule has 0 saturated carbocycles. The molecule has 0 bridgehead atoms. The fraction of sp³-hybridized carbons (Fsp3) is 0.321. The van der Waals surface area contributed by atoms with Crippen LogP contribution in [0.15, 0.2) is 47.4 Å². The zero-order valence-corrected chi connectivity index (χ0v) is 23.9. The van der Waals surface area contributed by atoms with Gasteiger partial charge in [-0.05, 0) is 53.2 Å². The number of rotatable bonds is 7. The lowest BCUT2D eigenvalue weighted by Crippen LogP contribution is -2.40. The van der Waals surface area contributed by atoms with Crippen molar-refractivity contribution in [1.29, 1.82) is 0 Å². The predicted octanol–water partition coefficient (Wildman–Crippen LogP) is 4.37. The smallest absolute Gasteiger partial charge is 0.328 e.